The summed E-state index contributed by atoms with van der Waals surface area (Å²) >= 11 is 1.59. The number of hydrogen-bond acceptors (Lipinski definition) is 7. The molecule has 130 valence electrons. The van der Waals surface area contributed by atoms with Gasteiger partial charge in [-0.15, -0.1) is 0 Å². The van der Waals surface area contributed by atoms with Crippen LogP contribution in [0.3, 0.4) is 0 Å². The van der Waals surface area contributed by atoms with E-state index in [0.717, 1.165) is 29.7 Å². The molecule has 1 atom stereocenters. The van der Waals surface area contributed by atoms with Crippen molar-refractivity contribution < 1.29 is 9.53 Å². The van der Waals surface area contributed by atoms with Crippen molar-refractivity contribution in [3.05, 3.63) is 12.0 Å². The van der Waals surface area contributed by atoms with E-state index in [9.17, 15) is 4.79 Å². The number of carbonyl (C=O) groups excluding carboxylic acids is 1. The monoisotopic (exact) mass is 349 g/mol. The van der Waals surface area contributed by atoms with E-state index in [0.29, 0.717) is 17.5 Å². The van der Waals surface area contributed by atoms with Gasteiger partial charge in [0.2, 0.25) is 0 Å². The summed E-state index contributed by atoms with van der Waals surface area (Å²) in [5.74, 6) is 2.22. The maximum absolute atomic E-state index is 12.0. The van der Waals surface area contributed by atoms with Gasteiger partial charge >= 0.3 is 5.97 Å². The molecule has 0 radical (unpaired) electrons. The second-order valence-corrected chi connectivity index (χ2v) is 7.00. The lowest BCUT2D eigenvalue weighted by Gasteiger charge is -2.18. The van der Waals surface area contributed by atoms with Crippen molar-refractivity contribution in [1.29, 1.82) is 0 Å². The third-order valence-electron chi connectivity index (χ3n) is 4.46. The Morgan fingerprint density at radius 3 is 2.88 bits per heavy atom. The van der Waals surface area contributed by atoms with Crippen molar-refractivity contribution in [3.8, 4) is 0 Å². The Kier molecular flexibility index (Phi) is 5.23. The SMILES string of the molecule is COC(=O)[C@H](CSC)Nc1nc(C2CCCC2)nc2c1cnn2C. The first-order valence-corrected chi connectivity index (χ1v) is 9.56. The maximum Gasteiger partial charge on any atom is 0.329 e. The number of fused-ring (bicyclic) bond motifs is 1. The third kappa shape index (κ3) is 3.33. The Labute approximate surface area is 145 Å². The van der Waals surface area contributed by atoms with Gasteiger partial charge in [0.05, 0.1) is 18.7 Å². The minimum Gasteiger partial charge on any atom is -0.467 e. The first-order chi connectivity index (χ1) is 11.6. The zero-order chi connectivity index (χ0) is 17.1. The highest BCUT2D eigenvalue weighted by atomic mass is 32.2. The molecule has 0 spiro atoms. The van der Waals surface area contributed by atoms with Crippen LogP contribution in [0.15, 0.2) is 6.20 Å². The topological polar surface area (TPSA) is 81.9 Å². The first kappa shape index (κ1) is 17.0. The van der Waals surface area contributed by atoms with Gasteiger partial charge < -0.3 is 10.1 Å². The molecule has 7 nitrogen and oxygen atoms in total. The zero-order valence-corrected chi connectivity index (χ0v) is 15.1. The van der Waals surface area contributed by atoms with E-state index in [1.807, 2.05) is 13.3 Å². The minimum absolute atomic E-state index is 0.289. The van der Waals surface area contributed by atoms with Crippen LogP contribution in [0.5, 0.6) is 0 Å². The largest absolute Gasteiger partial charge is 0.467 e. The highest BCUT2D eigenvalue weighted by Crippen LogP contribution is 2.34. The number of nitrogens with zero attached hydrogens (tertiary/aromatic N) is 4. The minimum atomic E-state index is -0.445. The van der Waals surface area contributed by atoms with Crippen molar-refractivity contribution >= 4 is 34.6 Å². The molecule has 0 unspecified atom stereocenters. The van der Waals surface area contributed by atoms with E-state index >= 15 is 0 Å². The molecule has 0 aliphatic heterocycles. The van der Waals surface area contributed by atoms with Gasteiger partial charge in [-0.05, 0) is 19.1 Å². The molecule has 1 N–H and O–H groups in total. The average Bonchev–Trinajstić information content (AvgIpc) is 3.24. The van der Waals surface area contributed by atoms with E-state index < -0.39 is 6.04 Å². The first-order valence-electron chi connectivity index (χ1n) is 8.17. The number of esters is 1. The molecule has 0 saturated heterocycles. The molecule has 0 amide bonds. The van der Waals surface area contributed by atoms with Crippen LogP contribution in [0, 0.1) is 0 Å². The van der Waals surface area contributed by atoms with Gasteiger partial charge in [-0.2, -0.15) is 16.9 Å². The molecule has 0 bridgehead atoms. The van der Waals surface area contributed by atoms with Crippen molar-refractivity contribution in [2.75, 3.05) is 24.4 Å². The summed E-state index contributed by atoms with van der Waals surface area (Å²) in [5, 5.41) is 8.37. The fourth-order valence-corrected chi connectivity index (χ4v) is 3.71. The van der Waals surface area contributed by atoms with E-state index in [2.05, 4.69) is 10.4 Å². The number of nitrogens with one attached hydrogen (secondary N) is 1. The molecule has 2 aromatic rings. The number of rotatable bonds is 6. The van der Waals surface area contributed by atoms with E-state index in [1.165, 1.54) is 20.0 Å². The van der Waals surface area contributed by atoms with E-state index in [-0.39, 0.29) is 5.97 Å². The highest BCUT2D eigenvalue weighted by molar-refractivity contribution is 7.98. The fourth-order valence-electron chi connectivity index (χ4n) is 3.16. The summed E-state index contributed by atoms with van der Waals surface area (Å²) < 4.78 is 6.66. The molecule has 1 saturated carbocycles. The number of anilines is 1. The molecule has 8 heteroatoms. The molecular formula is C16H23N5O2S. The molecule has 1 aliphatic rings. The predicted octanol–water partition coefficient (Wildman–Crippen LogP) is 2.34. The van der Waals surface area contributed by atoms with Crippen LogP contribution >= 0.6 is 11.8 Å². The molecule has 0 aromatic carbocycles. The van der Waals surface area contributed by atoms with Crippen LogP contribution in [0.25, 0.3) is 11.0 Å². The third-order valence-corrected chi connectivity index (χ3v) is 5.13. The zero-order valence-electron chi connectivity index (χ0n) is 14.3. The van der Waals surface area contributed by atoms with Gasteiger partial charge in [0, 0.05) is 18.7 Å². The number of methoxy groups -OCH3 is 1. The molecular weight excluding hydrogens is 326 g/mol. The van der Waals surface area contributed by atoms with Gasteiger partial charge in [0.1, 0.15) is 17.7 Å². The Balaban J connectivity index is 1.99. The average molecular weight is 349 g/mol. The Morgan fingerprint density at radius 1 is 1.46 bits per heavy atom. The summed E-state index contributed by atoms with van der Waals surface area (Å²) in [6.45, 7) is 0. The van der Waals surface area contributed by atoms with Gasteiger partial charge in [-0.25, -0.2) is 14.8 Å². The molecule has 1 aliphatic carbocycles. The molecule has 3 rings (SSSR count). The van der Waals surface area contributed by atoms with Crippen molar-refractivity contribution in [1.82, 2.24) is 19.7 Å². The molecule has 2 heterocycles. The van der Waals surface area contributed by atoms with Crippen LogP contribution in [-0.2, 0) is 16.6 Å². The Morgan fingerprint density at radius 2 is 2.21 bits per heavy atom. The quantitative estimate of drug-likeness (QED) is 0.802. The van der Waals surface area contributed by atoms with Gasteiger partial charge in [-0.3, -0.25) is 4.68 Å². The van der Waals surface area contributed by atoms with Crippen LogP contribution in [-0.4, -0.2) is 50.9 Å². The second-order valence-electron chi connectivity index (χ2n) is 6.09. The van der Waals surface area contributed by atoms with Crippen LogP contribution in [0.1, 0.15) is 37.4 Å². The lowest BCUT2D eigenvalue weighted by Crippen LogP contribution is -2.33. The summed E-state index contributed by atoms with van der Waals surface area (Å²) in [4.78, 5) is 21.5. The summed E-state index contributed by atoms with van der Waals surface area (Å²) in [6.07, 6.45) is 8.38. The molecule has 2 aromatic heterocycles. The Hall–Kier alpha value is -1.83. The second kappa shape index (κ2) is 7.38. The van der Waals surface area contributed by atoms with Crippen molar-refractivity contribution in [2.24, 2.45) is 7.05 Å². The van der Waals surface area contributed by atoms with Gasteiger partial charge in [-0.1, -0.05) is 12.8 Å². The smallest absolute Gasteiger partial charge is 0.329 e. The predicted molar refractivity (Wildman–Crippen MR) is 95.3 cm³/mol. The maximum atomic E-state index is 12.0. The van der Waals surface area contributed by atoms with Crippen molar-refractivity contribution in [3.63, 3.8) is 0 Å². The Bertz CT molecular complexity index is 727. The standard InChI is InChI=1S/C16H23N5O2S/c1-21-15-11(8-17-21)14(18-12(9-24-3)16(22)23-2)19-13(20-15)10-6-4-5-7-10/h8,10,12H,4-7,9H2,1-3H3,(H,18,19,20)/t12-/m0/s1. The molecule has 1 fully saturated rings. The normalized spacial score (nSPS) is 16.5. The number of ether oxygens (including phenoxy) is 1. The lowest BCUT2D eigenvalue weighted by molar-refractivity contribution is -0.140. The fraction of sp³-hybridized carbons (Fsp3) is 0.625. The van der Waals surface area contributed by atoms with Gasteiger partial charge in [0.15, 0.2) is 5.65 Å². The van der Waals surface area contributed by atoms with E-state index in [1.54, 1.807) is 22.6 Å². The number of aryl methyl sites for hydroxylation is 1. The van der Waals surface area contributed by atoms with Crippen LogP contribution in [0.2, 0.25) is 0 Å². The number of carbonyl (C=O) groups is 1. The van der Waals surface area contributed by atoms with Crippen molar-refractivity contribution in [2.45, 2.75) is 37.6 Å². The van der Waals surface area contributed by atoms with E-state index in [4.69, 9.17) is 14.7 Å². The summed E-state index contributed by atoms with van der Waals surface area (Å²) in [6, 6.07) is -0.445. The molecule has 24 heavy (non-hydrogen) atoms. The van der Waals surface area contributed by atoms with Crippen LogP contribution < -0.4 is 5.32 Å². The summed E-state index contributed by atoms with van der Waals surface area (Å²) in [5.41, 5.74) is 0.794. The summed E-state index contributed by atoms with van der Waals surface area (Å²) in [7, 11) is 3.28. The van der Waals surface area contributed by atoms with Gasteiger partial charge in [0.25, 0.3) is 0 Å². The number of aromatic nitrogens is 4. The highest BCUT2D eigenvalue weighted by Gasteiger charge is 2.25. The number of thioether (sulfide) groups is 1. The van der Waals surface area contributed by atoms with Crippen LogP contribution in [0.4, 0.5) is 5.82 Å². The lowest BCUT2D eigenvalue weighted by atomic mass is 10.1. The number of hydrogen-bond donors (Lipinski definition) is 1.